The average molecular weight is 259 g/mol. The molecule has 16 heavy (non-hydrogen) atoms. The summed E-state index contributed by atoms with van der Waals surface area (Å²) in [5.74, 6) is 0.952. The third-order valence-electron chi connectivity index (χ3n) is 2.24. The summed E-state index contributed by atoms with van der Waals surface area (Å²) in [4.78, 5) is 4.65. The number of aliphatic hydroxyl groups excluding tert-OH is 1. The Morgan fingerprint density at radius 2 is 2.19 bits per heavy atom. The first kappa shape index (κ1) is 14.0. The Labute approximate surface area is 106 Å². The van der Waals surface area contributed by atoms with Crippen LogP contribution < -0.4 is 0 Å². The number of aliphatic hydroxyl groups is 1. The number of thioether (sulfide) groups is 1. The van der Waals surface area contributed by atoms with E-state index in [4.69, 9.17) is 5.11 Å². The van der Waals surface area contributed by atoms with Crippen LogP contribution in [0.5, 0.6) is 0 Å². The molecule has 1 rings (SSSR count). The summed E-state index contributed by atoms with van der Waals surface area (Å²) in [5.41, 5.74) is 1.33. The van der Waals surface area contributed by atoms with Crippen LogP contribution in [0.4, 0.5) is 0 Å². The smallest absolute Gasteiger partial charge is 0.0982 e. The minimum Gasteiger partial charge on any atom is -0.396 e. The van der Waals surface area contributed by atoms with Crippen LogP contribution in [0.15, 0.2) is 5.38 Å². The molecule has 0 saturated carbocycles. The Morgan fingerprint density at radius 3 is 2.69 bits per heavy atom. The van der Waals surface area contributed by atoms with Crippen molar-refractivity contribution in [3.63, 3.8) is 0 Å². The third-order valence-corrected chi connectivity index (χ3v) is 4.83. The molecule has 0 bridgehead atoms. The average Bonchev–Trinajstić information content (AvgIpc) is 2.63. The molecule has 0 fully saturated rings. The summed E-state index contributed by atoms with van der Waals surface area (Å²) in [6.07, 6.45) is 0.862. The zero-order valence-electron chi connectivity index (χ0n) is 10.5. The topological polar surface area (TPSA) is 33.1 Å². The van der Waals surface area contributed by atoms with Crippen LogP contribution in [-0.4, -0.2) is 21.9 Å². The van der Waals surface area contributed by atoms with E-state index >= 15 is 0 Å². The lowest BCUT2D eigenvalue weighted by atomic mass is 9.98. The van der Waals surface area contributed by atoms with Gasteiger partial charge in [0, 0.05) is 28.4 Å². The number of thiazole rings is 1. The van der Waals surface area contributed by atoms with E-state index in [9.17, 15) is 0 Å². The number of hydrogen-bond donors (Lipinski definition) is 1. The van der Waals surface area contributed by atoms with Gasteiger partial charge in [-0.1, -0.05) is 27.7 Å². The Balaban J connectivity index is 2.47. The van der Waals surface area contributed by atoms with Gasteiger partial charge in [0.2, 0.25) is 0 Å². The molecule has 0 aliphatic carbocycles. The van der Waals surface area contributed by atoms with Crippen molar-refractivity contribution in [1.82, 2.24) is 4.98 Å². The van der Waals surface area contributed by atoms with Gasteiger partial charge >= 0.3 is 0 Å². The molecule has 1 atom stereocenters. The van der Waals surface area contributed by atoms with Crippen LogP contribution in [0.25, 0.3) is 0 Å². The van der Waals surface area contributed by atoms with Gasteiger partial charge in [-0.3, -0.25) is 0 Å². The van der Waals surface area contributed by atoms with E-state index in [2.05, 4.69) is 38.1 Å². The van der Waals surface area contributed by atoms with Crippen molar-refractivity contribution in [3.05, 3.63) is 16.1 Å². The van der Waals surface area contributed by atoms with Gasteiger partial charge in [0.05, 0.1) is 10.7 Å². The lowest BCUT2D eigenvalue weighted by Gasteiger charge is -2.13. The van der Waals surface area contributed by atoms with Crippen molar-refractivity contribution in [3.8, 4) is 0 Å². The van der Waals surface area contributed by atoms with Gasteiger partial charge in [-0.05, 0) is 6.42 Å². The highest BCUT2D eigenvalue weighted by molar-refractivity contribution is 7.99. The molecule has 4 heteroatoms. The third kappa shape index (κ3) is 4.44. The SMILES string of the molecule is CC(CCO)SCc1csc(C(C)(C)C)n1. The second-order valence-electron chi connectivity index (χ2n) is 5.03. The molecule has 0 aromatic carbocycles. The summed E-state index contributed by atoms with van der Waals surface area (Å²) >= 11 is 3.61. The van der Waals surface area contributed by atoms with Crippen LogP contribution in [0.3, 0.4) is 0 Å². The second kappa shape index (κ2) is 6.03. The first-order chi connectivity index (χ1) is 7.43. The van der Waals surface area contributed by atoms with Gasteiger partial charge in [-0.25, -0.2) is 4.98 Å². The van der Waals surface area contributed by atoms with Crippen LogP contribution in [-0.2, 0) is 11.2 Å². The molecule has 0 saturated heterocycles. The maximum Gasteiger partial charge on any atom is 0.0982 e. The minimum atomic E-state index is 0.157. The molecule has 1 heterocycles. The number of aromatic nitrogens is 1. The van der Waals surface area contributed by atoms with Crippen LogP contribution in [0.1, 0.15) is 44.8 Å². The molecule has 0 radical (unpaired) electrons. The van der Waals surface area contributed by atoms with Gasteiger partial charge < -0.3 is 5.11 Å². The molecule has 1 aromatic heterocycles. The number of hydrogen-bond acceptors (Lipinski definition) is 4. The van der Waals surface area contributed by atoms with Gasteiger partial charge in [-0.15, -0.1) is 11.3 Å². The molecule has 0 spiro atoms. The first-order valence-electron chi connectivity index (χ1n) is 5.61. The number of nitrogens with zero attached hydrogens (tertiary/aromatic N) is 1. The zero-order chi connectivity index (χ0) is 12.2. The van der Waals surface area contributed by atoms with Crippen molar-refractivity contribution < 1.29 is 5.11 Å². The van der Waals surface area contributed by atoms with Crippen molar-refractivity contribution in [2.45, 2.75) is 50.5 Å². The van der Waals surface area contributed by atoms with Crippen molar-refractivity contribution in [2.75, 3.05) is 6.61 Å². The standard InChI is InChI=1S/C12H21NOS2/c1-9(5-6-14)15-7-10-8-16-11(13-10)12(2,3)4/h8-9,14H,5-7H2,1-4H3. The molecule has 92 valence electrons. The first-order valence-corrected chi connectivity index (χ1v) is 7.53. The van der Waals surface area contributed by atoms with Crippen LogP contribution >= 0.6 is 23.1 Å². The quantitative estimate of drug-likeness (QED) is 0.879. The fourth-order valence-corrected chi connectivity index (χ4v) is 3.10. The van der Waals surface area contributed by atoms with Gasteiger partial charge in [0.15, 0.2) is 0 Å². The largest absolute Gasteiger partial charge is 0.396 e. The lowest BCUT2D eigenvalue weighted by Crippen LogP contribution is -2.10. The maximum atomic E-state index is 8.82. The van der Waals surface area contributed by atoms with Crippen molar-refractivity contribution in [2.24, 2.45) is 0 Å². The molecule has 2 nitrogen and oxygen atoms in total. The predicted molar refractivity (Wildman–Crippen MR) is 73.3 cm³/mol. The van der Waals surface area contributed by atoms with Crippen LogP contribution in [0.2, 0.25) is 0 Å². The summed E-state index contributed by atoms with van der Waals surface area (Å²) in [7, 11) is 0. The normalized spacial score (nSPS) is 14.1. The summed E-state index contributed by atoms with van der Waals surface area (Å²) in [6, 6.07) is 0. The van der Waals surface area contributed by atoms with Gasteiger partial charge in [0.1, 0.15) is 0 Å². The maximum absolute atomic E-state index is 8.82. The molecule has 1 aromatic rings. The molecular formula is C12H21NOS2. The minimum absolute atomic E-state index is 0.157. The van der Waals surface area contributed by atoms with E-state index in [0.29, 0.717) is 5.25 Å². The highest BCUT2D eigenvalue weighted by Crippen LogP contribution is 2.28. The molecule has 1 unspecified atom stereocenters. The Morgan fingerprint density at radius 1 is 1.50 bits per heavy atom. The van der Waals surface area contributed by atoms with E-state index in [1.165, 1.54) is 10.7 Å². The van der Waals surface area contributed by atoms with Crippen molar-refractivity contribution in [1.29, 1.82) is 0 Å². The van der Waals surface area contributed by atoms with Crippen molar-refractivity contribution >= 4 is 23.1 Å². The fourth-order valence-electron chi connectivity index (χ4n) is 1.21. The number of rotatable bonds is 5. The molecule has 1 N–H and O–H groups in total. The molecular weight excluding hydrogens is 238 g/mol. The monoisotopic (exact) mass is 259 g/mol. The predicted octanol–water partition coefficient (Wildman–Crippen LogP) is 3.44. The van der Waals surface area contributed by atoms with E-state index in [-0.39, 0.29) is 12.0 Å². The zero-order valence-corrected chi connectivity index (χ0v) is 12.1. The van der Waals surface area contributed by atoms with E-state index in [0.717, 1.165) is 12.2 Å². The summed E-state index contributed by atoms with van der Waals surface area (Å²) in [6.45, 7) is 9.00. The highest BCUT2D eigenvalue weighted by Gasteiger charge is 2.18. The van der Waals surface area contributed by atoms with Crippen LogP contribution in [0, 0.1) is 0 Å². The lowest BCUT2D eigenvalue weighted by molar-refractivity contribution is 0.289. The Bertz CT molecular complexity index is 317. The van der Waals surface area contributed by atoms with E-state index in [1.54, 1.807) is 11.3 Å². The Kier molecular flexibility index (Phi) is 5.28. The second-order valence-corrected chi connectivity index (χ2v) is 7.31. The molecule has 0 amide bonds. The Hall–Kier alpha value is -0.0600. The van der Waals surface area contributed by atoms with Gasteiger partial charge in [0.25, 0.3) is 0 Å². The highest BCUT2D eigenvalue weighted by atomic mass is 32.2. The fraction of sp³-hybridized carbons (Fsp3) is 0.750. The van der Waals surface area contributed by atoms with E-state index < -0.39 is 0 Å². The summed E-state index contributed by atoms with van der Waals surface area (Å²) < 4.78 is 0. The molecule has 0 aliphatic heterocycles. The van der Waals surface area contributed by atoms with E-state index in [1.807, 2.05) is 11.8 Å². The molecule has 0 aliphatic rings. The van der Waals surface area contributed by atoms with Gasteiger partial charge in [-0.2, -0.15) is 11.8 Å². The summed E-state index contributed by atoms with van der Waals surface area (Å²) in [5, 5.41) is 12.7.